The summed E-state index contributed by atoms with van der Waals surface area (Å²) >= 11 is 1.35. The van der Waals surface area contributed by atoms with E-state index in [0.29, 0.717) is 59.9 Å². The SMILES string of the molecule is O=C(CSc1nnc(-c2cccc(S(=O)(=O)N3CCOCC3)c2)n1C1CCCC1)c1ccc2c(c1)OCO2. The normalized spacial score (nSPS) is 18.2. The summed E-state index contributed by atoms with van der Waals surface area (Å²) in [5.74, 6) is 1.97. The number of thioether (sulfide) groups is 1. The van der Waals surface area contributed by atoms with Crippen molar-refractivity contribution in [2.75, 3.05) is 38.8 Å². The Hall–Kier alpha value is -2.93. The first-order valence-electron chi connectivity index (χ1n) is 12.7. The average molecular weight is 557 g/mol. The maximum absolute atomic E-state index is 13.3. The third-order valence-electron chi connectivity index (χ3n) is 7.08. The van der Waals surface area contributed by atoms with Gasteiger partial charge in [-0.05, 0) is 43.2 Å². The number of ketones is 1. The molecule has 2 aromatic carbocycles. The lowest BCUT2D eigenvalue weighted by Crippen LogP contribution is -2.40. The molecule has 2 aliphatic heterocycles. The van der Waals surface area contributed by atoms with Crippen molar-refractivity contribution in [1.82, 2.24) is 19.1 Å². The van der Waals surface area contributed by atoms with E-state index in [1.54, 1.807) is 36.4 Å². The summed E-state index contributed by atoms with van der Waals surface area (Å²) in [6.45, 7) is 1.61. The van der Waals surface area contributed by atoms with Crippen LogP contribution in [0.5, 0.6) is 11.5 Å². The summed E-state index contributed by atoms with van der Waals surface area (Å²) in [7, 11) is -3.65. The van der Waals surface area contributed by atoms with Crippen LogP contribution in [0.1, 0.15) is 42.1 Å². The largest absolute Gasteiger partial charge is 0.454 e. The Balaban J connectivity index is 1.27. The first-order chi connectivity index (χ1) is 18.5. The molecule has 0 unspecified atom stereocenters. The molecule has 38 heavy (non-hydrogen) atoms. The van der Waals surface area contributed by atoms with Gasteiger partial charge in [-0.1, -0.05) is 36.7 Å². The lowest BCUT2D eigenvalue weighted by atomic mass is 10.1. The zero-order valence-corrected chi connectivity index (χ0v) is 22.4. The summed E-state index contributed by atoms with van der Waals surface area (Å²) in [4.78, 5) is 13.2. The van der Waals surface area contributed by atoms with Gasteiger partial charge in [0.05, 0.1) is 23.9 Å². The van der Waals surface area contributed by atoms with Crippen molar-refractivity contribution in [3.63, 3.8) is 0 Å². The lowest BCUT2D eigenvalue weighted by Gasteiger charge is -2.26. The molecule has 1 aromatic heterocycles. The fourth-order valence-electron chi connectivity index (χ4n) is 5.08. The van der Waals surface area contributed by atoms with E-state index in [1.165, 1.54) is 16.1 Å². The monoisotopic (exact) mass is 556 g/mol. The number of carbonyl (C=O) groups is 1. The molecular weight excluding hydrogens is 528 g/mol. The minimum atomic E-state index is -3.65. The Morgan fingerprint density at radius 1 is 1.00 bits per heavy atom. The molecule has 2 fully saturated rings. The molecule has 10 nitrogen and oxygen atoms in total. The molecular formula is C26H28N4O6S2. The van der Waals surface area contributed by atoms with Gasteiger partial charge < -0.3 is 14.2 Å². The van der Waals surface area contributed by atoms with Crippen LogP contribution in [0.3, 0.4) is 0 Å². The van der Waals surface area contributed by atoms with Crippen molar-refractivity contribution < 1.29 is 27.4 Å². The number of hydrogen-bond acceptors (Lipinski definition) is 9. The van der Waals surface area contributed by atoms with Crippen LogP contribution in [0.25, 0.3) is 11.4 Å². The number of rotatable bonds is 8. The number of aromatic nitrogens is 3. The van der Waals surface area contributed by atoms with Crippen LogP contribution in [0.2, 0.25) is 0 Å². The second kappa shape index (κ2) is 10.7. The van der Waals surface area contributed by atoms with Gasteiger partial charge in [0.15, 0.2) is 28.3 Å². The summed E-state index contributed by atoms with van der Waals surface area (Å²) in [5, 5.41) is 9.58. The Labute approximate surface area is 225 Å². The van der Waals surface area contributed by atoms with Gasteiger partial charge in [-0.2, -0.15) is 4.31 Å². The van der Waals surface area contributed by atoms with E-state index in [-0.39, 0.29) is 29.3 Å². The Morgan fingerprint density at radius 2 is 1.79 bits per heavy atom. The minimum Gasteiger partial charge on any atom is -0.454 e. The van der Waals surface area contributed by atoms with Crippen LogP contribution in [0.15, 0.2) is 52.5 Å². The number of fused-ring (bicyclic) bond motifs is 1. The zero-order chi connectivity index (χ0) is 26.1. The Bertz CT molecular complexity index is 1450. The molecule has 3 aromatic rings. The molecule has 12 heteroatoms. The Morgan fingerprint density at radius 3 is 2.61 bits per heavy atom. The molecule has 1 saturated heterocycles. The molecule has 200 valence electrons. The van der Waals surface area contributed by atoms with Crippen molar-refractivity contribution >= 4 is 27.6 Å². The van der Waals surface area contributed by atoms with Crippen molar-refractivity contribution in [2.24, 2.45) is 0 Å². The molecule has 6 rings (SSSR count). The highest BCUT2D eigenvalue weighted by Crippen LogP contribution is 2.38. The Kier molecular flexibility index (Phi) is 7.12. The number of sulfonamides is 1. The fraction of sp³-hybridized carbons (Fsp3) is 0.423. The van der Waals surface area contributed by atoms with Gasteiger partial charge in [0.25, 0.3) is 0 Å². The average Bonchev–Trinajstić information content (AvgIpc) is 3.72. The van der Waals surface area contributed by atoms with Gasteiger partial charge in [-0.15, -0.1) is 10.2 Å². The predicted octanol–water partition coefficient (Wildman–Crippen LogP) is 3.78. The quantitative estimate of drug-likeness (QED) is 0.302. The number of nitrogens with zero attached hydrogens (tertiary/aromatic N) is 4. The van der Waals surface area contributed by atoms with Gasteiger partial charge in [0.2, 0.25) is 16.8 Å². The number of Topliss-reactive ketones (excluding diaryl/α,β-unsaturated/α-hetero) is 1. The molecule has 0 spiro atoms. The maximum atomic E-state index is 13.3. The highest BCUT2D eigenvalue weighted by atomic mass is 32.2. The number of morpholine rings is 1. The molecule has 0 radical (unpaired) electrons. The van der Waals surface area contributed by atoms with Crippen molar-refractivity contribution in [1.29, 1.82) is 0 Å². The van der Waals surface area contributed by atoms with Gasteiger partial charge >= 0.3 is 0 Å². The first kappa shape index (κ1) is 25.4. The van der Waals surface area contributed by atoms with E-state index in [2.05, 4.69) is 14.8 Å². The molecule has 0 atom stereocenters. The van der Waals surface area contributed by atoms with Crippen LogP contribution >= 0.6 is 11.8 Å². The zero-order valence-electron chi connectivity index (χ0n) is 20.7. The summed E-state index contributed by atoms with van der Waals surface area (Å²) in [5.41, 5.74) is 1.24. The highest BCUT2D eigenvalue weighted by molar-refractivity contribution is 7.99. The number of ether oxygens (including phenoxy) is 3. The molecule has 1 aliphatic carbocycles. The van der Waals surface area contributed by atoms with Crippen LogP contribution in [0.4, 0.5) is 0 Å². The number of benzene rings is 2. The van der Waals surface area contributed by atoms with Crippen LogP contribution < -0.4 is 9.47 Å². The van der Waals surface area contributed by atoms with E-state index >= 15 is 0 Å². The molecule has 3 aliphatic rings. The summed E-state index contributed by atoms with van der Waals surface area (Å²) in [6, 6.07) is 12.3. The van der Waals surface area contributed by atoms with Crippen LogP contribution in [0, 0.1) is 0 Å². The van der Waals surface area contributed by atoms with E-state index in [0.717, 1.165) is 25.7 Å². The van der Waals surface area contributed by atoms with Gasteiger partial charge in [-0.3, -0.25) is 9.36 Å². The van der Waals surface area contributed by atoms with Gasteiger partial charge in [0.1, 0.15) is 0 Å². The molecule has 0 amide bonds. The third kappa shape index (κ3) is 4.93. The predicted molar refractivity (Wildman–Crippen MR) is 140 cm³/mol. The highest BCUT2D eigenvalue weighted by Gasteiger charge is 2.29. The first-order valence-corrected chi connectivity index (χ1v) is 15.1. The fourth-order valence-corrected chi connectivity index (χ4v) is 7.43. The minimum absolute atomic E-state index is 0.0468. The van der Waals surface area contributed by atoms with Crippen molar-refractivity contribution in [2.45, 2.75) is 41.8 Å². The molecule has 0 bridgehead atoms. The van der Waals surface area contributed by atoms with E-state index < -0.39 is 10.0 Å². The van der Waals surface area contributed by atoms with E-state index in [9.17, 15) is 13.2 Å². The third-order valence-corrected chi connectivity index (χ3v) is 9.92. The number of hydrogen-bond donors (Lipinski definition) is 0. The van der Waals surface area contributed by atoms with E-state index in [1.807, 2.05) is 6.07 Å². The van der Waals surface area contributed by atoms with Crippen molar-refractivity contribution in [3.8, 4) is 22.9 Å². The smallest absolute Gasteiger partial charge is 0.243 e. The van der Waals surface area contributed by atoms with Gasteiger partial charge in [-0.25, -0.2) is 8.42 Å². The van der Waals surface area contributed by atoms with Gasteiger partial charge in [0, 0.05) is 30.3 Å². The summed E-state index contributed by atoms with van der Waals surface area (Å²) in [6.07, 6.45) is 4.18. The standard InChI is InChI=1S/C26H28N4O6S2/c31-22(18-8-9-23-24(15-18)36-17-35-23)16-37-26-28-27-25(30(26)20-5-1-2-6-20)19-4-3-7-21(14-19)38(32,33)29-10-12-34-13-11-29/h3-4,7-9,14-15,20H,1-2,5-6,10-13,16-17H2. The summed E-state index contributed by atoms with van der Waals surface area (Å²) < 4.78 is 46.1. The lowest BCUT2D eigenvalue weighted by molar-refractivity contribution is 0.0730. The number of carbonyl (C=O) groups excluding carboxylic acids is 1. The van der Waals surface area contributed by atoms with Crippen LogP contribution in [-0.2, 0) is 14.8 Å². The molecule has 1 saturated carbocycles. The van der Waals surface area contributed by atoms with Crippen LogP contribution in [-0.4, -0.2) is 72.1 Å². The maximum Gasteiger partial charge on any atom is 0.243 e. The second-order valence-corrected chi connectivity index (χ2v) is 12.3. The van der Waals surface area contributed by atoms with E-state index in [4.69, 9.17) is 14.2 Å². The van der Waals surface area contributed by atoms with Crippen molar-refractivity contribution in [3.05, 3.63) is 48.0 Å². The molecule has 0 N–H and O–H groups in total. The topological polar surface area (TPSA) is 113 Å². The second-order valence-electron chi connectivity index (χ2n) is 9.44. The molecule has 3 heterocycles.